The van der Waals surface area contributed by atoms with Crippen molar-refractivity contribution in [3.8, 4) is 0 Å². The molecular formula is C14H19N3O2. The van der Waals surface area contributed by atoms with Gasteiger partial charge in [0, 0.05) is 19.1 Å². The van der Waals surface area contributed by atoms with Gasteiger partial charge in [-0.15, -0.1) is 0 Å². The molecule has 0 radical (unpaired) electrons. The molecule has 19 heavy (non-hydrogen) atoms. The van der Waals surface area contributed by atoms with E-state index in [0.29, 0.717) is 13.1 Å². The van der Waals surface area contributed by atoms with Crippen molar-refractivity contribution in [3.63, 3.8) is 0 Å². The minimum absolute atomic E-state index is 0.135. The fourth-order valence-corrected chi connectivity index (χ4v) is 2.13. The highest BCUT2D eigenvalue weighted by atomic mass is 16.2. The largest absolute Gasteiger partial charge is 0.336 e. The lowest BCUT2D eigenvalue weighted by Crippen LogP contribution is -2.41. The SMILES string of the molecule is CC(c1ccccc1)N(C)CC(=O)N1CCNC1=O. The first kappa shape index (κ1) is 13.5. The van der Waals surface area contributed by atoms with E-state index in [1.54, 1.807) is 0 Å². The quantitative estimate of drug-likeness (QED) is 0.887. The number of hydrogen-bond donors (Lipinski definition) is 1. The maximum Gasteiger partial charge on any atom is 0.324 e. The molecule has 0 saturated carbocycles. The van der Waals surface area contributed by atoms with Crippen molar-refractivity contribution in [2.75, 3.05) is 26.7 Å². The zero-order valence-corrected chi connectivity index (χ0v) is 11.3. The maximum atomic E-state index is 12.0. The number of urea groups is 1. The van der Waals surface area contributed by atoms with Crippen LogP contribution in [0.15, 0.2) is 30.3 Å². The Kier molecular flexibility index (Phi) is 4.16. The van der Waals surface area contributed by atoms with Crippen molar-refractivity contribution in [2.24, 2.45) is 0 Å². The number of hydrogen-bond acceptors (Lipinski definition) is 3. The van der Waals surface area contributed by atoms with E-state index in [-0.39, 0.29) is 24.5 Å². The number of imide groups is 1. The van der Waals surface area contributed by atoms with Crippen molar-refractivity contribution in [2.45, 2.75) is 13.0 Å². The maximum absolute atomic E-state index is 12.0. The molecule has 0 spiro atoms. The predicted octanol–water partition coefficient (Wildman–Crippen LogP) is 1.23. The topological polar surface area (TPSA) is 52.7 Å². The number of rotatable bonds is 4. The van der Waals surface area contributed by atoms with E-state index in [2.05, 4.69) is 5.32 Å². The molecule has 0 aromatic heterocycles. The average molecular weight is 261 g/mol. The molecule has 1 saturated heterocycles. The van der Waals surface area contributed by atoms with Crippen molar-refractivity contribution in [1.82, 2.24) is 15.1 Å². The van der Waals surface area contributed by atoms with Crippen LogP contribution in [0.4, 0.5) is 4.79 Å². The lowest BCUT2D eigenvalue weighted by atomic mass is 10.1. The van der Waals surface area contributed by atoms with Gasteiger partial charge in [-0.1, -0.05) is 30.3 Å². The van der Waals surface area contributed by atoms with Gasteiger partial charge < -0.3 is 5.32 Å². The molecular weight excluding hydrogens is 242 g/mol. The van der Waals surface area contributed by atoms with Crippen molar-refractivity contribution in [1.29, 1.82) is 0 Å². The fourth-order valence-electron chi connectivity index (χ4n) is 2.13. The Morgan fingerprint density at radius 3 is 2.68 bits per heavy atom. The van der Waals surface area contributed by atoms with E-state index < -0.39 is 0 Å². The molecule has 1 heterocycles. The van der Waals surface area contributed by atoms with Crippen molar-refractivity contribution >= 4 is 11.9 Å². The molecule has 3 amide bonds. The lowest BCUT2D eigenvalue weighted by Gasteiger charge is -2.25. The van der Waals surface area contributed by atoms with Crippen LogP contribution in [0.1, 0.15) is 18.5 Å². The van der Waals surface area contributed by atoms with Gasteiger partial charge >= 0.3 is 6.03 Å². The summed E-state index contributed by atoms with van der Waals surface area (Å²) in [5, 5.41) is 2.63. The van der Waals surface area contributed by atoms with Gasteiger partial charge in [0.15, 0.2) is 0 Å². The van der Waals surface area contributed by atoms with Crippen LogP contribution in [-0.4, -0.2) is 48.4 Å². The summed E-state index contributed by atoms with van der Waals surface area (Å²) in [5.74, 6) is -0.153. The average Bonchev–Trinajstić information content (AvgIpc) is 2.85. The fraction of sp³-hybridized carbons (Fsp3) is 0.429. The molecule has 2 rings (SSSR count). The molecule has 1 aromatic rings. The smallest absolute Gasteiger partial charge is 0.324 e. The molecule has 1 aliphatic heterocycles. The second kappa shape index (κ2) is 5.84. The summed E-state index contributed by atoms with van der Waals surface area (Å²) in [7, 11) is 1.89. The van der Waals surface area contributed by atoms with Crippen LogP contribution in [0, 0.1) is 0 Å². The molecule has 1 aromatic carbocycles. The third-order valence-corrected chi connectivity index (χ3v) is 3.49. The minimum atomic E-state index is -0.286. The Morgan fingerprint density at radius 1 is 1.42 bits per heavy atom. The molecule has 0 aliphatic carbocycles. The summed E-state index contributed by atoms with van der Waals surface area (Å²) < 4.78 is 0. The van der Waals surface area contributed by atoms with Gasteiger partial charge in [0.1, 0.15) is 0 Å². The van der Waals surface area contributed by atoms with Crippen molar-refractivity contribution < 1.29 is 9.59 Å². The summed E-state index contributed by atoms with van der Waals surface area (Å²) in [6.07, 6.45) is 0. The van der Waals surface area contributed by atoms with Gasteiger partial charge in [-0.25, -0.2) is 4.79 Å². The Labute approximate surface area is 113 Å². The summed E-state index contributed by atoms with van der Waals surface area (Å²) in [6, 6.07) is 9.85. The third-order valence-electron chi connectivity index (χ3n) is 3.49. The van der Waals surface area contributed by atoms with Crippen LogP contribution < -0.4 is 5.32 Å². The van der Waals surface area contributed by atoms with Gasteiger partial charge in [-0.3, -0.25) is 14.6 Å². The second-order valence-corrected chi connectivity index (χ2v) is 4.78. The van der Waals surface area contributed by atoms with Gasteiger partial charge in [0.25, 0.3) is 0 Å². The van der Waals surface area contributed by atoms with Crippen LogP contribution in [0.3, 0.4) is 0 Å². The second-order valence-electron chi connectivity index (χ2n) is 4.78. The van der Waals surface area contributed by atoms with E-state index in [9.17, 15) is 9.59 Å². The van der Waals surface area contributed by atoms with Crippen LogP contribution in [0.25, 0.3) is 0 Å². The molecule has 1 N–H and O–H groups in total. The normalized spacial score (nSPS) is 16.6. The van der Waals surface area contributed by atoms with E-state index in [0.717, 1.165) is 5.56 Å². The number of benzene rings is 1. The van der Waals surface area contributed by atoms with Crippen LogP contribution in [-0.2, 0) is 4.79 Å². The van der Waals surface area contributed by atoms with Gasteiger partial charge in [0.05, 0.1) is 6.54 Å². The molecule has 5 nitrogen and oxygen atoms in total. The Balaban J connectivity index is 1.95. The monoisotopic (exact) mass is 261 g/mol. The molecule has 1 aliphatic rings. The number of nitrogens with one attached hydrogen (secondary N) is 1. The van der Waals surface area contributed by atoms with Gasteiger partial charge in [-0.05, 0) is 19.5 Å². The first-order chi connectivity index (χ1) is 9.09. The zero-order chi connectivity index (χ0) is 13.8. The van der Waals surface area contributed by atoms with E-state index in [4.69, 9.17) is 0 Å². The Morgan fingerprint density at radius 2 is 2.11 bits per heavy atom. The molecule has 1 fully saturated rings. The minimum Gasteiger partial charge on any atom is -0.336 e. The number of amides is 3. The number of likely N-dealkylation sites (N-methyl/N-ethyl adjacent to an activating group) is 1. The summed E-state index contributed by atoms with van der Waals surface area (Å²) >= 11 is 0. The number of nitrogens with zero attached hydrogens (tertiary/aromatic N) is 2. The van der Waals surface area contributed by atoms with Crippen LogP contribution >= 0.6 is 0 Å². The molecule has 102 valence electrons. The van der Waals surface area contributed by atoms with Gasteiger partial charge in [0.2, 0.25) is 5.91 Å². The summed E-state index contributed by atoms with van der Waals surface area (Å²) in [6.45, 7) is 3.30. The first-order valence-corrected chi connectivity index (χ1v) is 6.43. The van der Waals surface area contributed by atoms with E-state index >= 15 is 0 Å². The lowest BCUT2D eigenvalue weighted by molar-refractivity contribution is -0.128. The van der Waals surface area contributed by atoms with E-state index in [1.807, 2.05) is 49.2 Å². The highest BCUT2D eigenvalue weighted by Gasteiger charge is 2.27. The number of carbonyl (C=O) groups excluding carboxylic acids is 2. The molecule has 0 bridgehead atoms. The van der Waals surface area contributed by atoms with Gasteiger partial charge in [-0.2, -0.15) is 0 Å². The summed E-state index contributed by atoms with van der Waals surface area (Å²) in [5.41, 5.74) is 1.16. The summed E-state index contributed by atoms with van der Waals surface area (Å²) in [4.78, 5) is 26.7. The van der Waals surface area contributed by atoms with Crippen LogP contribution in [0.5, 0.6) is 0 Å². The highest BCUT2D eigenvalue weighted by Crippen LogP contribution is 2.18. The molecule has 5 heteroatoms. The third kappa shape index (κ3) is 3.12. The molecule has 1 atom stereocenters. The van der Waals surface area contributed by atoms with Crippen molar-refractivity contribution in [3.05, 3.63) is 35.9 Å². The van der Waals surface area contributed by atoms with E-state index in [1.165, 1.54) is 4.90 Å². The standard InChI is InChI=1S/C14H19N3O2/c1-11(12-6-4-3-5-7-12)16(2)10-13(18)17-9-8-15-14(17)19/h3-7,11H,8-10H2,1-2H3,(H,15,19). The predicted molar refractivity (Wildman–Crippen MR) is 72.6 cm³/mol. The highest BCUT2D eigenvalue weighted by molar-refractivity contribution is 5.96. The number of carbonyl (C=O) groups is 2. The first-order valence-electron chi connectivity index (χ1n) is 6.43. The van der Waals surface area contributed by atoms with Crippen LogP contribution in [0.2, 0.25) is 0 Å². The Hall–Kier alpha value is -1.88. The molecule has 1 unspecified atom stereocenters. The Bertz CT molecular complexity index is 461. The zero-order valence-electron chi connectivity index (χ0n) is 11.3.